The van der Waals surface area contributed by atoms with Gasteiger partial charge >= 0.3 is 0 Å². The summed E-state index contributed by atoms with van der Waals surface area (Å²) in [6.07, 6.45) is 0. The molecule has 5 nitrogen and oxygen atoms in total. The van der Waals surface area contributed by atoms with Crippen LogP contribution in [-0.2, 0) is 10.0 Å². The predicted molar refractivity (Wildman–Crippen MR) is 127 cm³/mol. The average molecular weight is 455 g/mol. The van der Waals surface area contributed by atoms with E-state index in [0.717, 1.165) is 14.8 Å². The van der Waals surface area contributed by atoms with Crippen LogP contribution in [0, 0.1) is 13.8 Å². The van der Waals surface area contributed by atoms with Crippen molar-refractivity contribution in [3.8, 4) is 0 Å². The summed E-state index contributed by atoms with van der Waals surface area (Å²) in [5.74, 6) is 0.417. The molecule has 0 unspecified atom stereocenters. The number of benzene rings is 3. The Labute approximate surface area is 188 Å². The lowest BCUT2D eigenvalue weighted by molar-refractivity contribution is 0.0957. The van der Waals surface area contributed by atoms with Crippen molar-refractivity contribution in [2.45, 2.75) is 23.6 Å². The molecule has 0 saturated carbocycles. The number of nitrogens with one attached hydrogen (secondary N) is 1. The number of anilines is 1. The van der Waals surface area contributed by atoms with Gasteiger partial charge in [0.25, 0.3) is 15.9 Å². The summed E-state index contributed by atoms with van der Waals surface area (Å²) < 4.78 is 27.3. The summed E-state index contributed by atoms with van der Waals surface area (Å²) in [6, 6.07) is 21.6. The summed E-state index contributed by atoms with van der Waals surface area (Å²) in [6.45, 7) is 4.42. The molecule has 162 valence electrons. The van der Waals surface area contributed by atoms with E-state index in [0.29, 0.717) is 23.5 Å². The van der Waals surface area contributed by atoms with E-state index >= 15 is 0 Å². The van der Waals surface area contributed by atoms with E-state index in [-0.39, 0.29) is 10.8 Å². The van der Waals surface area contributed by atoms with Gasteiger partial charge in [-0.2, -0.15) is 0 Å². The zero-order valence-corrected chi connectivity index (χ0v) is 19.5. The Morgan fingerprint density at radius 3 is 2.13 bits per heavy atom. The molecule has 3 rings (SSSR count). The molecular formula is C24H26N2O3S2. The van der Waals surface area contributed by atoms with E-state index in [1.165, 1.54) is 12.6 Å². The minimum absolute atomic E-state index is 0.185. The number of aryl methyl sites for hydroxylation is 2. The fourth-order valence-corrected chi connectivity index (χ4v) is 4.98. The molecule has 0 aliphatic carbocycles. The first-order valence-corrected chi connectivity index (χ1v) is 12.3. The van der Waals surface area contributed by atoms with E-state index < -0.39 is 10.0 Å². The SMILES string of the molecule is Cc1ccc(SCCNC(=O)c2ccccc2N(C)S(=O)(=O)c2ccc(C)cc2)cc1. The monoisotopic (exact) mass is 454 g/mol. The van der Waals surface area contributed by atoms with Crippen molar-refractivity contribution in [2.75, 3.05) is 23.7 Å². The van der Waals surface area contributed by atoms with Crippen LogP contribution < -0.4 is 9.62 Å². The van der Waals surface area contributed by atoms with Crippen LogP contribution in [0.2, 0.25) is 0 Å². The van der Waals surface area contributed by atoms with Crippen LogP contribution in [-0.4, -0.2) is 33.7 Å². The van der Waals surface area contributed by atoms with E-state index in [1.54, 1.807) is 60.3 Å². The molecule has 0 aliphatic heterocycles. The maximum absolute atomic E-state index is 13.1. The molecule has 0 heterocycles. The van der Waals surface area contributed by atoms with E-state index in [4.69, 9.17) is 0 Å². The number of thioether (sulfide) groups is 1. The van der Waals surface area contributed by atoms with Crippen LogP contribution in [0.3, 0.4) is 0 Å². The molecule has 0 atom stereocenters. The maximum atomic E-state index is 13.1. The second-order valence-electron chi connectivity index (χ2n) is 7.22. The number of carbonyl (C=O) groups excluding carboxylic acids is 1. The fraction of sp³-hybridized carbons (Fsp3) is 0.208. The number of sulfonamides is 1. The Kier molecular flexibility index (Phi) is 7.41. The molecule has 3 aromatic rings. The quantitative estimate of drug-likeness (QED) is 0.397. The Hall–Kier alpha value is -2.77. The minimum Gasteiger partial charge on any atom is -0.351 e. The van der Waals surface area contributed by atoms with Crippen molar-refractivity contribution in [1.82, 2.24) is 5.32 Å². The van der Waals surface area contributed by atoms with Gasteiger partial charge in [0.05, 0.1) is 16.1 Å². The standard InChI is InChI=1S/C24H26N2O3S2/c1-18-8-12-20(13-9-18)30-17-16-25-24(27)22-6-4-5-7-23(22)26(3)31(28,29)21-14-10-19(2)11-15-21/h4-15H,16-17H2,1-3H3,(H,25,27). The smallest absolute Gasteiger partial charge is 0.264 e. The molecule has 7 heteroatoms. The number of nitrogens with zero attached hydrogens (tertiary/aromatic N) is 1. The first-order chi connectivity index (χ1) is 14.8. The van der Waals surface area contributed by atoms with Gasteiger partial charge in [0.15, 0.2) is 0 Å². The van der Waals surface area contributed by atoms with Crippen LogP contribution in [0.1, 0.15) is 21.5 Å². The topological polar surface area (TPSA) is 66.5 Å². The molecule has 0 radical (unpaired) electrons. The first kappa shape index (κ1) is 22.9. The number of rotatable bonds is 8. The number of para-hydroxylation sites is 1. The van der Waals surface area contributed by atoms with Gasteiger partial charge in [-0.15, -0.1) is 11.8 Å². The molecule has 31 heavy (non-hydrogen) atoms. The molecule has 0 aromatic heterocycles. The van der Waals surface area contributed by atoms with Gasteiger partial charge in [-0.3, -0.25) is 9.10 Å². The van der Waals surface area contributed by atoms with Gasteiger partial charge in [-0.1, -0.05) is 47.5 Å². The van der Waals surface area contributed by atoms with Crippen molar-refractivity contribution in [1.29, 1.82) is 0 Å². The van der Waals surface area contributed by atoms with Crippen molar-refractivity contribution < 1.29 is 13.2 Å². The summed E-state index contributed by atoms with van der Waals surface area (Å²) in [5, 5.41) is 2.89. The van der Waals surface area contributed by atoms with Crippen LogP contribution in [0.25, 0.3) is 0 Å². The normalized spacial score (nSPS) is 11.2. The number of amides is 1. The maximum Gasteiger partial charge on any atom is 0.264 e. The lowest BCUT2D eigenvalue weighted by Crippen LogP contribution is -2.31. The number of carbonyl (C=O) groups is 1. The number of hydrogen-bond donors (Lipinski definition) is 1. The van der Waals surface area contributed by atoms with Gasteiger partial charge in [-0.25, -0.2) is 8.42 Å². The Morgan fingerprint density at radius 2 is 1.48 bits per heavy atom. The van der Waals surface area contributed by atoms with E-state index in [1.807, 2.05) is 13.8 Å². The molecule has 0 aliphatic rings. The molecule has 1 amide bonds. The summed E-state index contributed by atoms with van der Waals surface area (Å²) in [5.41, 5.74) is 2.84. The third-order valence-corrected chi connectivity index (χ3v) is 7.64. The van der Waals surface area contributed by atoms with Crippen LogP contribution in [0.5, 0.6) is 0 Å². The minimum atomic E-state index is -3.78. The van der Waals surface area contributed by atoms with Crippen molar-refractivity contribution in [2.24, 2.45) is 0 Å². The van der Waals surface area contributed by atoms with Gasteiger partial charge in [0.1, 0.15) is 0 Å². The van der Waals surface area contributed by atoms with Gasteiger partial charge in [0.2, 0.25) is 0 Å². The van der Waals surface area contributed by atoms with E-state index in [2.05, 4.69) is 29.6 Å². The van der Waals surface area contributed by atoms with Gasteiger partial charge in [0, 0.05) is 24.2 Å². The van der Waals surface area contributed by atoms with Crippen LogP contribution in [0.4, 0.5) is 5.69 Å². The van der Waals surface area contributed by atoms with Gasteiger partial charge < -0.3 is 5.32 Å². The summed E-state index contributed by atoms with van der Waals surface area (Å²) >= 11 is 1.66. The Morgan fingerprint density at radius 1 is 0.903 bits per heavy atom. The predicted octanol–water partition coefficient (Wildman–Crippen LogP) is 4.65. The molecule has 0 spiro atoms. The molecule has 0 fully saturated rings. The van der Waals surface area contributed by atoms with Crippen LogP contribution in [0.15, 0.2) is 82.6 Å². The first-order valence-electron chi connectivity index (χ1n) is 9.91. The average Bonchev–Trinajstić information content (AvgIpc) is 2.77. The zero-order valence-electron chi connectivity index (χ0n) is 17.8. The lowest BCUT2D eigenvalue weighted by atomic mass is 10.1. The highest BCUT2D eigenvalue weighted by Crippen LogP contribution is 2.26. The highest BCUT2D eigenvalue weighted by Gasteiger charge is 2.24. The molecule has 0 bridgehead atoms. The lowest BCUT2D eigenvalue weighted by Gasteiger charge is -2.22. The van der Waals surface area contributed by atoms with Crippen molar-refractivity contribution in [3.63, 3.8) is 0 Å². The van der Waals surface area contributed by atoms with Crippen molar-refractivity contribution in [3.05, 3.63) is 89.5 Å². The second kappa shape index (κ2) is 10.0. The summed E-state index contributed by atoms with van der Waals surface area (Å²) in [4.78, 5) is 14.1. The Bertz CT molecular complexity index is 1140. The third-order valence-electron chi connectivity index (χ3n) is 4.84. The number of hydrogen-bond acceptors (Lipinski definition) is 4. The highest BCUT2D eigenvalue weighted by atomic mass is 32.2. The second-order valence-corrected chi connectivity index (χ2v) is 10.4. The third kappa shape index (κ3) is 5.68. The molecule has 3 aromatic carbocycles. The van der Waals surface area contributed by atoms with Gasteiger partial charge in [-0.05, 0) is 50.2 Å². The Balaban J connectivity index is 1.69. The molecule has 0 saturated heterocycles. The van der Waals surface area contributed by atoms with E-state index in [9.17, 15) is 13.2 Å². The molecule has 1 N–H and O–H groups in total. The highest BCUT2D eigenvalue weighted by molar-refractivity contribution is 7.99. The summed E-state index contributed by atoms with van der Waals surface area (Å²) in [7, 11) is -2.31. The molecular weight excluding hydrogens is 428 g/mol. The largest absolute Gasteiger partial charge is 0.351 e. The fourth-order valence-electron chi connectivity index (χ4n) is 3.00. The zero-order chi connectivity index (χ0) is 22.4. The van der Waals surface area contributed by atoms with Crippen LogP contribution >= 0.6 is 11.8 Å². The van der Waals surface area contributed by atoms with Crippen molar-refractivity contribution >= 4 is 33.4 Å².